The minimum atomic E-state index is -3.49. The number of rotatable bonds is 0. The first-order valence-electron chi connectivity index (χ1n) is 6.27. The zero-order valence-corrected chi connectivity index (χ0v) is 11.9. The molecule has 0 aromatic heterocycles. The van der Waals surface area contributed by atoms with Crippen LogP contribution in [0.3, 0.4) is 0 Å². The van der Waals surface area contributed by atoms with Gasteiger partial charge in [-0.25, -0.2) is 8.42 Å². The molecular weight excluding hydrogens is 286 g/mol. The second kappa shape index (κ2) is 4.21. The summed E-state index contributed by atoms with van der Waals surface area (Å²) in [5, 5.41) is 3.12. The van der Waals surface area contributed by atoms with E-state index < -0.39 is 15.3 Å². The lowest BCUT2D eigenvalue weighted by Crippen LogP contribution is -2.37. The molecule has 19 heavy (non-hydrogen) atoms. The average molecular weight is 300 g/mol. The van der Waals surface area contributed by atoms with Gasteiger partial charge in [0, 0.05) is 5.02 Å². The predicted molar refractivity (Wildman–Crippen MR) is 73.0 cm³/mol. The molecule has 1 aromatic carbocycles. The number of nitrogens with one attached hydrogen (secondary N) is 1. The number of sulfone groups is 1. The number of anilines is 1. The molecule has 2 aliphatic rings. The van der Waals surface area contributed by atoms with E-state index >= 15 is 0 Å². The predicted octanol–water partition coefficient (Wildman–Crippen LogP) is 2.63. The standard InChI is InChI=1S/C13H14ClNO3S/c14-9-3-4-10-11(7-9)19(17,18)8-13(12(16)15-10)5-1-2-6-13/h3-4,7H,1-2,5-6,8H2,(H,15,16). The second-order valence-electron chi connectivity index (χ2n) is 5.34. The van der Waals surface area contributed by atoms with Gasteiger partial charge < -0.3 is 5.32 Å². The Bertz CT molecular complexity index is 648. The van der Waals surface area contributed by atoms with Crippen LogP contribution in [0.1, 0.15) is 25.7 Å². The molecule has 0 bridgehead atoms. The minimum Gasteiger partial charge on any atom is -0.324 e. The number of halogens is 1. The highest BCUT2D eigenvalue weighted by atomic mass is 35.5. The van der Waals surface area contributed by atoms with Gasteiger partial charge in [0.05, 0.1) is 21.8 Å². The molecule has 0 unspecified atom stereocenters. The Kier molecular flexibility index (Phi) is 2.87. The second-order valence-corrected chi connectivity index (χ2v) is 7.74. The lowest BCUT2D eigenvalue weighted by molar-refractivity contribution is -0.124. The number of carbonyl (C=O) groups is 1. The van der Waals surface area contributed by atoms with Crippen LogP contribution in [0.4, 0.5) is 5.69 Å². The third-order valence-corrected chi connectivity index (χ3v) is 6.21. The van der Waals surface area contributed by atoms with Gasteiger partial charge in [0.2, 0.25) is 5.91 Å². The first kappa shape index (κ1) is 12.9. The van der Waals surface area contributed by atoms with Crippen molar-refractivity contribution in [2.24, 2.45) is 5.41 Å². The molecule has 0 atom stereocenters. The van der Waals surface area contributed by atoms with E-state index in [-0.39, 0.29) is 16.6 Å². The zero-order valence-electron chi connectivity index (χ0n) is 10.3. The van der Waals surface area contributed by atoms with E-state index in [1.807, 2.05) is 0 Å². The summed E-state index contributed by atoms with van der Waals surface area (Å²) >= 11 is 5.87. The molecule has 4 nitrogen and oxygen atoms in total. The van der Waals surface area contributed by atoms with E-state index in [0.717, 1.165) is 12.8 Å². The van der Waals surface area contributed by atoms with Gasteiger partial charge in [-0.05, 0) is 31.0 Å². The average Bonchev–Trinajstić information content (AvgIpc) is 2.77. The SMILES string of the molecule is O=C1Nc2ccc(Cl)cc2S(=O)(=O)CC12CCCC2. The molecule has 1 spiro atoms. The Balaban J connectivity index is 2.16. The van der Waals surface area contributed by atoms with Crippen molar-refractivity contribution in [1.29, 1.82) is 0 Å². The van der Waals surface area contributed by atoms with Crippen LogP contribution in [-0.4, -0.2) is 20.1 Å². The lowest BCUT2D eigenvalue weighted by Gasteiger charge is -2.23. The molecule has 1 saturated carbocycles. The van der Waals surface area contributed by atoms with Crippen molar-refractivity contribution in [3.63, 3.8) is 0 Å². The smallest absolute Gasteiger partial charge is 0.231 e. The summed E-state index contributed by atoms with van der Waals surface area (Å²) in [5.74, 6) is -0.284. The maximum atomic E-state index is 12.5. The topological polar surface area (TPSA) is 63.2 Å². The summed E-state index contributed by atoms with van der Waals surface area (Å²) < 4.78 is 25.0. The number of carbonyl (C=O) groups excluding carboxylic acids is 1. The minimum absolute atomic E-state index is 0.112. The molecule has 1 N–H and O–H groups in total. The molecule has 102 valence electrons. The van der Waals surface area contributed by atoms with Crippen molar-refractivity contribution < 1.29 is 13.2 Å². The van der Waals surface area contributed by atoms with Gasteiger partial charge in [0.1, 0.15) is 0 Å². The summed E-state index contributed by atoms with van der Waals surface area (Å²) in [6.45, 7) is 0. The van der Waals surface area contributed by atoms with Crippen LogP contribution in [0.5, 0.6) is 0 Å². The van der Waals surface area contributed by atoms with Crippen LogP contribution in [0.25, 0.3) is 0 Å². The van der Waals surface area contributed by atoms with E-state index in [2.05, 4.69) is 5.32 Å². The van der Waals surface area contributed by atoms with Gasteiger partial charge in [-0.2, -0.15) is 0 Å². The Morgan fingerprint density at radius 3 is 2.58 bits per heavy atom. The molecule has 1 amide bonds. The number of benzene rings is 1. The Labute approximate surface area is 117 Å². The molecule has 1 aromatic rings. The highest BCUT2D eigenvalue weighted by molar-refractivity contribution is 7.91. The Morgan fingerprint density at radius 1 is 1.21 bits per heavy atom. The van der Waals surface area contributed by atoms with E-state index in [1.54, 1.807) is 12.1 Å². The highest BCUT2D eigenvalue weighted by Crippen LogP contribution is 2.44. The molecule has 1 aliphatic heterocycles. The maximum absolute atomic E-state index is 12.5. The van der Waals surface area contributed by atoms with Gasteiger partial charge in [-0.3, -0.25) is 4.79 Å². The molecule has 0 saturated heterocycles. The highest BCUT2D eigenvalue weighted by Gasteiger charge is 2.47. The summed E-state index contributed by atoms with van der Waals surface area (Å²) in [6.07, 6.45) is 3.08. The van der Waals surface area contributed by atoms with Crippen LogP contribution >= 0.6 is 11.6 Å². The van der Waals surface area contributed by atoms with E-state index in [1.165, 1.54) is 6.07 Å². The third-order valence-electron chi connectivity index (χ3n) is 4.04. The van der Waals surface area contributed by atoms with Crippen LogP contribution in [0, 0.1) is 5.41 Å². The molecule has 3 rings (SSSR count). The van der Waals surface area contributed by atoms with Crippen LogP contribution in [0.15, 0.2) is 23.1 Å². The van der Waals surface area contributed by atoms with E-state index in [9.17, 15) is 13.2 Å². The van der Waals surface area contributed by atoms with Gasteiger partial charge in [-0.15, -0.1) is 0 Å². The van der Waals surface area contributed by atoms with Crippen molar-refractivity contribution in [2.75, 3.05) is 11.1 Å². The van der Waals surface area contributed by atoms with Crippen molar-refractivity contribution in [2.45, 2.75) is 30.6 Å². The van der Waals surface area contributed by atoms with Crippen LogP contribution in [0.2, 0.25) is 5.02 Å². The van der Waals surface area contributed by atoms with Crippen molar-refractivity contribution >= 4 is 33.0 Å². The van der Waals surface area contributed by atoms with Crippen LogP contribution in [-0.2, 0) is 14.6 Å². The van der Waals surface area contributed by atoms with Gasteiger partial charge in [0.25, 0.3) is 0 Å². The molecular formula is C13H14ClNO3S. The van der Waals surface area contributed by atoms with Gasteiger partial charge in [-0.1, -0.05) is 24.4 Å². The van der Waals surface area contributed by atoms with Crippen molar-refractivity contribution in [3.05, 3.63) is 23.2 Å². The zero-order chi connectivity index (χ0) is 13.7. The molecule has 1 heterocycles. The van der Waals surface area contributed by atoms with Crippen molar-refractivity contribution in [3.8, 4) is 0 Å². The number of fused-ring (bicyclic) bond motifs is 1. The number of amides is 1. The summed E-state index contributed by atoms with van der Waals surface area (Å²) in [6, 6.07) is 4.56. The summed E-state index contributed by atoms with van der Waals surface area (Å²) in [7, 11) is -3.49. The fourth-order valence-corrected chi connectivity index (χ4v) is 5.34. The quantitative estimate of drug-likeness (QED) is 0.801. The van der Waals surface area contributed by atoms with E-state index in [0.29, 0.717) is 23.6 Å². The van der Waals surface area contributed by atoms with Crippen LogP contribution < -0.4 is 5.32 Å². The van der Waals surface area contributed by atoms with Gasteiger partial charge >= 0.3 is 0 Å². The first-order valence-corrected chi connectivity index (χ1v) is 8.30. The monoisotopic (exact) mass is 299 g/mol. The summed E-state index contributed by atoms with van der Waals surface area (Å²) in [4.78, 5) is 12.5. The van der Waals surface area contributed by atoms with Gasteiger partial charge in [0.15, 0.2) is 9.84 Å². The lowest BCUT2D eigenvalue weighted by atomic mass is 9.87. The van der Waals surface area contributed by atoms with Crippen molar-refractivity contribution in [1.82, 2.24) is 0 Å². The summed E-state index contributed by atoms with van der Waals surface area (Å²) in [5.41, 5.74) is -0.414. The number of hydrogen-bond donors (Lipinski definition) is 1. The molecule has 1 aliphatic carbocycles. The maximum Gasteiger partial charge on any atom is 0.231 e. The largest absolute Gasteiger partial charge is 0.324 e. The fraction of sp³-hybridized carbons (Fsp3) is 0.462. The fourth-order valence-electron chi connectivity index (χ4n) is 3.04. The Morgan fingerprint density at radius 2 is 1.89 bits per heavy atom. The van der Waals surface area contributed by atoms with E-state index in [4.69, 9.17) is 11.6 Å². The number of hydrogen-bond acceptors (Lipinski definition) is 3. The molecule has 0 radical (unpaired) electrons. The molecule has 6 heteroatoms. The normalized spacial score (nSPS) is 23.7. The molecule has 1 fully saturated rings. The first-order chi connectivity index (χ1) is 8.93. The Hall–Kier alpha value is -1.07. The third kappa shape index (κ3) is 2.05.